The highest BCUT2D eigenvalue weighted by Gasteiger charge is 2.21. The molecule has 5 rings (SSSR count). The summed E-state index contributed by atoms with van der Waals surface area (Å²) < 4.78 is 11.9. The molecule has 1 aliphatic carbocycles. The van der Waals surface area contributed by atoms with Crippen LogP contribution in [0.4, 0.5) is 5.69 Å². The number of aryl methyl sites for hydroxylation is 1. The Morgan fingerprint density at radius 2 is 1.86 bits per heavy atom. The van der Waals surface area contributed by atoms with Crippen molar-refractivity contribution in [1.82, 2.24) is 9.88 Å². The second kappa shape index (κ2) is 12.4. The van der Waals surface area contributed by atoms with Gasteiger partial charge in [0.25, 0.3) is 6.47 Å². The van der Waals surface area contributed by atoms with E-state index in [9.17, 15) is 0 Å². The third-order valence-electron chi connectivity index (χ3n) is 6.68. The number of anilines is 1. The fourth-order valence-corrected chi connectivity index (χ4v) is 5.01. The van der Waals surface area contributed by atoms with Crippen LogP contribution in [0.2, 0.25) is 0 Å². The van der Waals surface area contributed by atoms with Crippen LogP contribution < -0.4 is 14.8 Å². The first kappa shape index (κ1) is 24.8. The summed E-state index contributed by atoms with van der Waals surface area (Å²) in [5.41, 5.74) is 6.03. The number of aromatic nitrogens is 1. The molecule has 0 amide bonds. The second-order valence-electron chi connectivity index (χ2n) is 8.98. The van der Waals surface area contributed by atoms with E-state index in [0.717, 1.165) is 61.2 Å². The van der Waals surface area contributed by atoms with Crippen LogP contribution in [0.1, 0.15) is 42.5 Å². The summed E-state index contributed by atoms with van der Waals surface area (Å²) >= 11 is 0. The van der Waals surface area contributed by atoms with E-state index in [0.29, 0.717) is 6.61 Å². The normalized spacial score (nSPS) is 14.8. The Morgan fingerprint density at radius 3 is 2.60 bits per heavy atom. The third-order valence-corrected chi connectivity index (χ3v) is 6.68. The maximum Gasteiger partial charge on any atom is 0.290 e. The number of carbonyl (C=O) groups is 1. The molecule has 0 bridgehead atoms. The molecule has 0 atom stereocenters. The van der Waals surface area contributed by atoms with Gasteiger partial charge in [-0.2, -0.15) is 0 Å². The lowest BCUT2D eigenvalue weighted by molar-refractivity contribution is -0.122. The van der Waals surface area contributed by atoms with Gasteiger partial charge in [-0.15, -0.1) is 0 Å². The first-order valence-corrected chi connectivity index (χ1v) is 12.5. The molecule has 1 aliphatic heterocycles. The zero-order valence-corrected chi connectivity index (χ0v) is 20.5. The maximum atomic E-state index is 8.36. The highest BCUT2D eigenvalue weighted by Crippen LogP contribution is 2.39. The van der Waals surface area contributed by atoms with Crippen molar-refractivity contribution >= 4 is 23.1 Å². The molecule has 186 valence electrons. The minimum atomic E-state index is -0.250. The Hall–Kier alpha value is -3.32. The van der Waals surface area contributed by atoms with Gasteiger partial charge in [-0.3, -0.25) is 9.78 Å². The highest BCUT2D eigenvalue weighted by molar-refractivity contribution is 5.96. The predicted octanol–water partition coefficient (Wildman–Crippen LogP) is 4.91. The van der Waals surface area contributed by atoms with Gasteiger partial charge in [-0.05, 0) is 68.8 Å². The maximum absolute atomic E-state index is 8.36. The number of benzene rings is 2. The van der Waals surface area contributed by atoms with Gasteiger partial charge in [0.15, 0.2) is 11.5 Å². The minimum absolute atomic E-state index is 0.250. The van der Waals surface area contributed by atoms with Crippen LogP contribution in [0.3, 0.4) is 0 Å². The van der Waals surface area contributed by atoms with E-state index < -0.39 is 0 Å². The predicted molar refractivity (Wildman–Crippen MR) is 139 cm³/mol. The lowest BCUT2D eigenvalue weighted by Gasteiger charge is -2.18. The van der Waals surface area contributed by atoms with E-state index in [2.05, 4.69) is 52.7 Å². The van der Waals surface area contributed by atoms with Crippen LogP contribution in [0.25, 0.3) is 10.9 Å². The Kier molecular flexibility index (Phi) is 8.79. The van der Waals surface area contributed by atoms with Crippen LogP contribution in [-0.2, 0) is 24.2 Å². The van der Waals surface area contributed by atoms with Crippen molar-refractivity contribution in [2.24, 2.45) is 0 Å². The largest absolute Gasteiger partial charge is 0.493 e. The SMILES string of the molecule is COc1cc2c(NCc3ccccc3)c3c(nc2cc1OCCCN1CCCC1)CCC3.O=CO. The number of nitrogens with zero attached hydrogens (tertiary/aromatic N) is 2. The number of hydrogen-bond acceptors (Lipinski definition) is 6. The number of carboxylic acid groups (broad SMARTS) is 1. The molecule has 2 aliphatic rings. The van der Waals surface area contributed by atoms with Gasteiger partial charge in [0.1, 0.15) is 0 Å². The van der Waals surface area contributed by atoms with Crippen molar-refractivity contribution in [3.63, 3.8) is 0 Å². The van der Waals surface area contributed by atoms with Crippen molar-refractivity contribution in [3.8, 4) is 11.5 Å². The Bertz CT molecular complexity index is 1110. The van der Waals surface area contributed by atoms with Crippen LogP contribution in [0.15, 0.2) is 42.5 Å². The molecule has 0 unspecified atom stereocenters. The zero-order chi connectivity index (χ0) is 24.5. The van der Waals surface area contributed by atoms with Gasteiger partial charge >= 0.3 is 0 Å². The van der Waals surface area contributed by atoms with E-state index in [1.54, 1.807) is 7.11 Å². The molecule has 7 heteroatoms. The summed E-state index contributed by atoms with van der Waals surface area (Å²) in [5, 5.41) is 11.7. The fourth-order valence-electron chi connectivity index (χ4n) is 5.01. The minimum Gasteiger partial charge on any atom is -0.493 e. The van der Waals surface area contributed by atoms with Crippen molar-refractivity contribution in [2.75, 3.05) is 38.7 Å². The second-order valence-corrected chi connectivity index (χ2v) is 8.98. The fraction of sp³-hybridized carbons (Fsp3) is 0.429. The molecule has 1 aromatic heterocycles. The summed E-state index contributed by atoms with van der Waals surface area (Å²) in [6.45, 7) is 4.81. The Balaban J connectivity index is 0.000000917. The molecule has 2 heterocycles. The molecular formula is C28H35N3O4. The summed E-state index contributed by atoms with van der Waals surface area (Å²) in [4.78, 5) is 15.9. The molecule has 1 fully saturated rings. The highest BCUT2D eigenvalue weighted by atomic mass is 16.5. The van der Waals surface area contributed by atoms with E-state index >= 15 is 0 Å². The van der Waals surface area contributed by atoms with Crippen LogP contribution in [-0.4, -0.2) is 54.8 Å². The average molecular weight is 478 g/mol. The van der Waals surface area contributed by atoms with Crippen molar-refractivity contribution in [3.05, 3.63) is 59.3 Å². The lowest BCUT2D eigenvalue weighted by atomic mass is 10.1. The molecule has 2 aromatic carbocycles. The Morgan fingerprint density at radius 1 is 1.09 bits per heavy atom. The number of fused-ring (bicyclic) bond motifs is 2. The van der Waals surface area contributed by atoms with Crippen molar-refractivity contribution in [1.29, 1.82) is 0 Å². The van der Waals surface area contributed by atoms with Gasteiger partial charge in [0, 0.05) is 35.9 Å². The van der Waals surface area contributed by atoms with E-state index in [4.69, 9.17) is 24.4 Å². The third kappa shape index (κ3) is 6.22. The number of methoxy groups -OCH3 is 1. The number of ether oxygens (including phenoxy) is 2. The Labute approximate surface area is 207 Å². The molecule has 2 N–H and O–H groups in total. The van der Waals surface area contributed by atoms with Crippen molar-refractivity contribution in [2.45, 2.75) is 45.1 Å². The van der Waals surface area contributed by atoms with E-state index in [-0.39, 0.29) is 6.47 Å². The summed E-state index contributed by atoms with van der Waals surface area (Å²) in [7, 11) is 1.72. The van der Waals surface area contributed by atoms with Gasteiger partial charge in [0.2, 0.25) is 0 Å². The van der Waals surface area contributed by atoms with Gasteiger partial charge in [-0.25, -0.2) is 0 Å². The summed E-state index contributed by atoms with van der Waals surface area (Å²) in [6, 6.07) is 14.7. The van der Waals surface area contributed by atoms with Crippen LogP contribution >= 0.6 is 0 Å². The number of rotatable bonds is 9. The number of pyridine rings is 1. The van der Waals surface area contributed by atoms with Gasteiger partial charge in [0.05, 0.1) is 19.2 Å². The summed E-state index contributed by atoms with van der Waals surface area (Å²) in [5.74, 6) is 1.57. The van der Waals surface area contributed by atoms with E-state index in [1.807, 2.05) is 0 Å². The average Bonchev–Trinajstić information content (AvgIpc) is 3.57. The number of hydrogen-bond donors (Lipinski definition) is 2. The molecule has 0 radical (unpaired) electrons. The van der Waals surface area contributed by atoms with Gasteiger partial charge in [-0.1, -0.05) is 30.3 Å². The first-order valence-electron chi connectivity index (χ1n) is 12.5. The van der Waals surface area contributed by atoms with Crippen LogP contribution in [0, 0.1) is 0 Å². The molecule has 1 saturated heterocycles. The standard InChI is InChI=1S/C27H33N3O2.CH2O2/c1-31-25-17-22-24(18-26(25)32-16-8-15-30-13-5-6-14-30)29-23-12-7-11-21(23)27(22)28-19-20-9-3-2-4-10-20;2-1-3/h2-4,9-10,17-18H,5-8,11-16,19H2,1H3,(H,28,29);1H,(H,2,3). The van der Waals surface area contributed by atoms with Gasteiger partial charge < -0.3 is 24.8 Å². The molecule has 3 aromatic rings. The molecule has 35 heavy (non-hydrogen) atoms. The molecule has 7 nitrogen and oxygen atoms in total. The number of nitrogens with one attached hydrogen (secondary N) is 1. The quantitative estimate of drug-likeness (QED) is 0.335. The first-order chi connectivity index (χ1) is 17.2. The topological polar surface area (TPSA) is 83.9 Å². The molecule has 0 spiro atoms. The van der Waals surface area contributed by atoms with Crippen LogP contribution in [0.5, 0.6) is 11.5 Å². The van der Waals surface area contributed by atoms with E-state index in [1.165, 1.54) is 48.4 Å². The smallest absolute Gasteiger partial charge is 0.290 e. The lowest BCUT2D eigenvalue weighted by Crippen LogP contribution is -2.21. The zero-order valence-electron chi connectivity index (χ0n) is 20.5. The monoisotopic (exact) mass is 477 g/mol. The molecule has 0 saturated carbocycles. The number of likely N-dealkylation sites (tertiary alicyclic amines) is 1. The summed E-state index contributed by atoms with van der Waals surface area (Å²) in [6.07, 6.45) is 6.97. The van der Waals surface area contributed by atoms with Crippen molar-refractivity contribution < 1.29 is 19.4 Å². The molecular weight excluding hydrogens is 442 g/mol.